The van der Waals surface area contributed by atoms with Gasteiger partial charge in [-0.1, -0.05) is 39.3 Å². The number of hydrogen-bond acceptors (Lipinski definition) is 2. The van der Waals surface area contributed by atoms with Crippen LogP contribution in [0.25, 0.3) is 0 Å². The highest BCUT2D eigenvalue weighted by Gasteiger charge is 2.01. The van der Waals surface area contributed by atoms with Crippen LogP contribution in [0.4, 0.5) is 5.69 Å². The molecular formula is C14H26N2. The smallest absolute Gasteiger partial charge is 0.0429 e. The molecule has 2 nitrogen and oxygen atoms in total. The van der Waals surface area contributed by atoms with Gasteiger partial charge in [-0.2, -0.15) is 0 Å². The molecule has 0 aliphatic carbocycles. The second kappa shape index (κ2) is 10.2. The Morgan fingerprint density at radius 3 is 2.00 bits per heavy atom. The van der Waals surface area contributed by atoms with Gasteiger partial charge in [0.05, 0.1) is 0 Å². The monoisotopic (exact) mass is 222 g/mol. The second-order valence-electron chi connectivity index (χ2n) is 2.92. The van der Waals surface area contributed by atoms with Crippen molar-refractivity contribution in [2.75, 3.05) is 12.4 Å². The molecule has 0 aromatic heterocycles. The maximum Gasteiger partial charge on any atom is 0.0429 e. The van der Waals surface area contributed by atoms with Crippen LogP contribution >= 0.6 is 0 Å². The lowest BCUT2D eigenvalue weighted by molar-refractivity contribution is 1.38. The first-order valence-electron chi connectivity index (χ1n) is 5.99. The summed E-state index contributed by atoms with van der Waals surface area (Å²) in [5.74, 6) is 0. The van der Waals surface area contributed by atoms with Crippen molar-refractivity contribution in [2.45, 2.75) is 41.5 Å². The SMILES string of the molecule is CC.CC.CNc1ccc(C)cc1C(C)=N. The summed E-state index contributed by atoms with van der Waals surface area (Å²) in [6.07, 6.45) is 0. The minimum Gasteiger partial charge on any atom is -0.388 e. The van der Waals surface area contributed by atoms with E-state index in [1.165, 1.54) is 5.56 Å². The summed E-state index contributed by atoms with van der Waals surface area (Å²) in [5.41, 5.74) is 3.80. The molecule has 0 heterocycles. The summed E-state index contributed by atoms with van der Waals surface area (Å²) in [6, 6.07) is 6.06. The first kappa shape index (κ1) is 17.1. The quantitative estimate of drug-likeness (QED) is 0.711. The zero-order valence-corrected chi connectivity index (χ0v) is 11.7. The third-order valence-electron chi connectivity index (χ3n) is 1.85. The van der Waals surface area contributed by atoms with E-state index < -0.39 is 0 Å². The molecule has 2 heteroatoms. The van der Waals surface area contributed by atoms with E-state index in [1.54, 1.807) is 6.92 Å². The lowest BCUT2D eigenvalue weighted by atomic mass is 10.1. The number of aryl methyl sites for hydroxylation is 1. The van der Waals surface area contributed by atoms with Crippen molar-refractivity contribution in [3.05, 3.63) is 29.3 Å². The van der Waals surface area contributed by atoms with Crippen molar-refractivity contribution in [1.29, 1.82) is 5.41 Å². The maximum atomic E-state index is 7.54. The molecule has 0 amide bonds. The fourth-order valence-electron chi connectivity index (χ4n) is 1.19. The highest BCUT2D eigenvalue weighted by Crippen LogP contribution is 2.16. The third kappa shape index (κ3) is 5.54. The van der Waals surface area contributed by atoms with Gasteiger partial charge in [0, 0.05) is 24.0 Å². The fourth-order valence-corrected chi connectivity index (χ4v) is 1.19. The predicted molar refractivity (Wildman–Crippen MR) is 75.9 cm³/mol. The molecule has 0 saturated heterocycles. The molecular weight excluding hydrogens is 196 g/mol. The van der Waals surface area contributed by atoms with E-state index in [4.69, 9.17) is 5.41 Å². The van der Waals surface area contributed by atoms with E-state index in [9.17, 15) is 0 Å². The van der Waals surface area contributed by atoms with E-state index in [-0.39, 0.29) is 0 Å². The molecule has 0 aliphatic heterocycles. The highest BCUT2D eigenvalue weighted by molar-refractivity contribution is 6.01. The number of rotatable bonds is 2. The Kier molecular flexibility index (Phi) is 10.9. The van der Waals surface area contributed by atoms with Gasteiger partial charge in [0.25, 0.3) is 0 Å². The largest absolute Gasteiger partial charge is 0.388 e. The molecule has 1 aromatic carbocycles. The molecule has 0 fully saturated rings. The van der Waals surface area contributed by atoms with Gasteiger partial charge in [-0.3, -0.25) is 0 Å². The van der Waals surface area contributed by atoms with Crippen LogP contribution in [0.2, 0.25) is 0 Å². The van der Waals surface area contributed by atoms with E-state index in [0.29, 0.717) is 5.71 Å². The van der Waals surface area contributed by atoms with Crippen molar-refractivity contribution in [3.8, 4) is 0 Å². The Bertz CT molecular complexity index is 304. The van der Waals surface area contributed by atoms with E-state index >= 15 is 0 Å². The summed E-state index contributed by atoms with van der Waals surface area (Å²) in [7, 11) is 1.87. The molecule has 0 spiro atoms. The fraction of sp³-hybridized carbons (Fsp3) is 0.500. The molecule has 16 heavy (non-hydrogen) atoms. The first-order chi connectivity index (χ1) is 7.65. The standard InChI is InChI=1S/C10H14N2.2C2H6/c1-7-4-5-10(12-3)9(6-7)8(2)11;2*1-2/h4-6,11-12H,1-3H3;2*1-2H3. The molecule has 0 saturated carbocycles. The molecule has 0 aliphatic rings. The normalized spacial score (nSPS) is 7.94. The lowest BCUT2D eigenvalue weighted by Gasteiger charge is -2.08. The molecule has 0 unspecified atom stereocenters. The molecule has 0 atom stereocenters. The molecule has 0 bridgehead atoms. The van der Waals surface area contributed by atoms with Crippen LogP contribution in [0.15, 0.2) is 18.2 Å². The topological polar surface area (TPSA) is 35.9 Å². The third-order valence-corrected chi connectivity index (χ3v) is 1.85. The Morgan fingerprint density at radius 1 is 1.12 bits per heavy atom. The second-order valence-corrected chi connectivity index (χ2v) is 2.92. The highest BCUT2D eigenvalue weighted by atomic mass is 14.8. The summed E-state index contributed by atoms with van der Waals surface area (Å²) in [5, 5.41) is 10.6. The minimum absolute atomic E-state index is 0.600. The van der Waals surface area contributed by atoms with Crippen molar-refractivity contribution in [1.82, 2.24) is 0 Å². The average molecular weight is 222 g/mol. The van der Waals surface area contributed by atoms with Gasteiger partial charge in [0.15, 0.2) is 0 Å². The van der Waals surface area contributed by atoms with Gasteiger partial charge >= 0.3 is 0 Å². The minimum atomic E-state index is 0.600. The number of anilines is 1. The molecule has 1 rings (SSSR count). The Morgan fingerprint density at radius 2 is 1.62 bits per heavy atom. The van der Waals surface area contributed by atoms with Gasteiger partial charge in [0.2, 0.25) is 0 Å². The molecule has 2 N–H and O–H groups in total. The number of nitrogens with one attached hydrogen (secondary N) is 2. The maximum absolute atomic E-state index is 7.54. The zero-order chi connectivity index (χ0) is 13.1. The Labute approximate surface area is 101 Å². The van der Waals surface area contributed by atoms with Crippen LogP contribution in [0.3, 0.4) is 0 Å². The van der Waals surface area contributed by atoms with Crippen LogP contribution in [-0.2, 0) is 0 Å². The van der Waals surface area contributed by atoms with Gasteiger partial charge < -0.3 is 10.7 Å². The summed E-state index contributed by atoms with van der Waals surface area (Å²) >= 11 is 0. The van der Waals surface area contributed by atoms with Gasteiger partial charge in [-0.25, -0.2) is 0 Å². The van der Waals surface area contributed by atoms with Gasteiger partial charge in [-0.05, 0) is 26.0 Å². The average Bonchev–Trinajstić information content (AvgIpc) is 2.34. The van der Waals surface area contributed by atoms with Crippen LogP contribution in [0, 0.1) is 12.3 Å². The number of benzene rings is 1. The van der Waals surface area contributed by atoms with Gasteiger partial charge in [0.1, 0.15) is 0 Å². The van der Waals surface area contributed by atoms with E-state index in [2.05, 4.69) is 5.32 Å². The number of hydrogen-bond donors (Lipinski definition) is 2. The molecule has 0 radical (unpaired) electrons. The van der Waals surface area contributed by atoms with Gasteiger partial charge in [-0.15, -0.1) is 0 Å². The van der Waals surface area contributed by atoms with Crippen LogP contribution < -0.4 is 5.32 Å². The van der Waals surface area contributed by atoms with E-state index in [0.717, 1.165) is 11.3 Å². The predicted octanol–water partition coefficient (Wildman–Crippen LogP) is 4.48. The molecule has 1 aromatic rings. The summed E-state index contributed by atoms with van der Waals surface area (Å²) in [6.45, 7) is 11.8. The molecule has 92 valence electrons. The van der Waals surface area contributed by atoms with Crippen molar-refractivity contribution in [2.24, 2.45) is 0 Å². The Hall–Kier alpha value is -1.31. The van der Waals surface area contributed by atoms with Crippen LogP contribution in [-0.4, -0.2) is 12.8 Å². The van der Waals surface area contributed by atoms with Crippen LogP contribution in [0.1, 0.15) is 45.7 Å². The Balaban J connectivity index is 0. The summed E-state index contributed by atoms with van der Waals surface area (Å²) in [4.78, 5) is 0. The lowest BCUT2D eigenvalue weighted by Crippen LogP contribution is -2.00. The van der Waals surface area contributed by atoms with Crippen molar-refractivity contribution < 1.29 is 0 Å². The summed E-state index contributed by atoms with van der Waals surface area (Å²) < 4.78 is 0. The zero-order valence-electron chi connectivity index (χ0n) is 11.7. The van der Waals surface area contributed by atoms with E-state index in [1.807, 2.05) is 59.9 Å². The van der Waals surface area contributed by atoms with Crippen molar-refractivity contribution >= 4 is 11.4 Å². The first-order valence-corrected chi connectivity index (χ1v) is 5.99. The van der Waals surface area contributed by atoms with Crippen LogP contribution in [0.5, 0.6) is 0 Å². The van der Waals surface area contributed by atoms with Crippen molar-refractivity contribution in [3.63, 3.8) is 0 Å².